The van der Waals surface area contributed by atoms with Crippen LogP contribution in [0.15, 0.2) is 24.3 Å². The lowest BCUT2D eigenvalue weighted by molar-refractivity contribution is 0.0816. The lowest BCUT2D eigenvalue weighted by atomic mass is 10.1. The zero-order valence-corrected chi connectivity index (χ0v) is 12.2. The number of anilines is 1. The van der Waals surface area contributed by atoms with Gasteiger partial charge in [0.25, 0.3) is 0 Å². The summed E-state index contributed by atoms with van der Waals surface area (Å²) in [5, 5.41) is 0. The van der Waals surface area contributed by atoms with Crippen molar-refractivity contribution >= 4 is 5.95 Å². The minimum atomic E-state index is 0.106. The molecule has 1 aliphatic heterocycles. The number of halogens is 1. The van der Waals surface area contributed by atoms with E-state index in [4.69, 9.17) is 15.2 Å². The Labute approximate surface area is 123 Å². The van der Waals surface area contributed by atoms with Crippen LogP contribution in [0.5, 0.6) is 5.75 Å². The molecule has 1 fully saturated rings. The Balaban J connectivity index is 1.87. The monoisotopic (exact) mass is 296 g/mol. The van der Waals surface area contributed by atoms with E-state index in [1.165, 1.54) is 0 Å². The molecule has 1 aromatic heterocycles. The number of nitrogens with two attached hydrogens (primary N) is 1. The Bertz CT molecular complexity index is 459. The van der Waals surface area contributed by atoms with Crippen LogP contribution in [0, 0.1) is 0 Å². The first kappa shape index (κ1) is 15.7. The van der Waals surface area contributed by atoms with E-state index >= 15 is 0 Å². The second-order valence-electron chi connectivity index (χ2n) is 4.90. The normalized spacial score (nSPS) is 17.1. The molecule has 0 atom stereocenters. The van der Waals surface area contributed by atoms with E-state index in [0.717, 1.165) is 25.9 Å². The fourth-order valence-electron chi connectivity index (χ4n) is 2.15. The van der Waals surface area contributed by atoms with E-state index in [2.05, 4.69) is 14.9 Å². The van der Waals surface area contributed by atoms with Crippen molar-refractivity contribution in [2.45, 2.75) is 18.9 Å². The van der Waals surface area contributed by atoms with Crippen molar-refractivity contribution in [3.05, 3.63) is 24.3 Å². The molecule has 0 spiro atoms. The Morgan fingerprint density at radius 2 is 2.10 bits per heavy atom. The average molecular weight is 296 g/mol. The van der Waals surface area contributed by atoms with Crippen LogP contribution < -0.4 is 15.4 Å². The third kappa shape index (κ3) is 4.37. The standard InChI is InChI=1S/C14H21FN4O2/c1-20-12-2-4-19(5-3-12)14-17-8-13(9-18-14)21-10-11(6-15)7-16/h6,8-9,12H,2-5,7,10,16H2,1H3/b11-6+. The third-order valence-electron chi connectivity index (χ3n) is 3.51. The predicted octanol–water partition coefficient (Wildman–Crippen LogP) is 1.28. The molecular formula is C14H21FN4O2. The molecule has 0 bridgehead atoms. The zero-order chi connectivity index (χ0) is 15.1. The van der Waals surface area contributed by atoms with Crippen molar-refractivity contribution < 1.29 is 13.9 Å². The zero-order valence-electron chi connectivity index (χ0n) is 12.2. The van der Waals surface area contributed by atoms with Crippen molar-refractivity contribution in [3.8, 4) is 5.75 Å². The molecule has 1 saturated heterocycles. The number of hydrogen-bond acceptors (Lipinski definition) is 6. The van der Waals surface area contributed by atoms with E-state index in [1.54, 1.807) is 19.5 Å². The SMILES string of the molecule is COC1CCN(c2ncc(OC/C(=C/F)CN)cn2)CC1. The van der Waals surface area contributed by atoms with Crippen LogP contribution in [0.2, 0.25) is 0 Å². The summed E-state index contributed by atoms with van der Waals surface area (Å²) in [5.41, 5.74) is 5.74. The number of piperidine rings is 1. The topological polar surface area (TPSA) is 73.5 Å². The molecule has 2 heterocycles. The molecule has 1 aliphatic rings. The summed E-state index contributed by atoms with van der Waals surface area (Å²) in [6, 6.07) is 0. The quantitative estimate of drug-likeness (QED) is 0.852. The van der Waals surface area contributed by atoms with Crippen LogP contribution in [0.1, 0.15) is 12.8 Å². The maximum atomic E-state index is 12.4. The molecular weight excluding hydrogens is 275 g/mol. The van der Waals surface area contributed by atoms with Crippen LogP contribution >= 0.6 is 0 Å². The molecule has 2 rings (SSSR count). The molecule has 0 saturated carbocycles. The lowest BCUT2D eigenvalue weighted by Crippen LogP contribution is -2.37. The molecule has 0 unspecified atom stereocenters. The second-order valence-corrected chi connectivity index (χ2v) is 4.90. The highest BCUT2D eigenvalue weighted by atomic mass is 19.1. The van der Waals surface area contributed by atoms with E-state index < -0.39 is 0 Å². The number of methoxy groups -OCH3 is 1. The van der Waals surface area contributed by atoms with Gasteiger partial charge < -0.3 is 20.1 Å². The molecule has 6 nitrogen and oxygen atoms in total. The molecule has 116 valence electrons. The Morgan fingerprint density at radius 1 is 1.43 bits per heavy atom. The second kappa shape index (κ2) is 7.90. The van der Waals surface area contributed by atoms with Gasteiger partial charge in [-0.1, -0.05) is 0 Å². The minimum Gasteiger partial charge on any atom is -0.486 e. The first-order valence-corrected chi connectivity index (χ1v) is 6.97. The summed E-state index contributed by atoms with van der Waals surface area (Å²) >= 11 is 0. The number of ether oxygens (including phenoxy) is 2. The third-order valence-corrected chi connectivity index (χ3v) is 3.51. The van der Waals surface area contributed by atoms with E-state index in [9.17, 15) is 4.39 Å². The maximum absolute atomic E-state index is 12.4. The molecule has 21 heavy (non-hydrogen) atoms. The Hall–Kier alpha value is -1.73. The fraction of sp³-hybridized carbons (Fsp3) is 0.571. The van der Waals surface area contributed by atoms with Crippen molar-refractivity contribution in [1.29, 1.82) is 0 Å². The van der Waals surface area contributed by atoms with E-state index in [0.29, 0.717) is 29.7 Å². The van der Waals surface area contributed by atoms with Crippen LogP contribution in [0.4, 0.5) is 10.3 Å². The summed E-state index contributed by atoms with van der Waals surface area (Å²) < 4.78 is 23.1. The minimum absolute atomic E-state index is 0.106. The highest BCUT2D eigenvalue weighted by molar-refractivity contribution is 5.32. The van der Waals surface area contributed by atoms with Gasteiger partial charge in [-0.05, 0) is 12.8 Å². The summed E-state index contributed by atoms with van der Waals surface area (Å²) in [7, 11) is 1.74. The van der Waals surface area contributed by atoms with Gasteiger partial charge in [-0.15, -0.1) is 0 Å². The van der Waals surface area contributed by atoms with Gasteiger partial charge in [0, 0.05) is 32.3 Å². The molecule has 0 aromatic carbocycles. The number of aromatic nitrogens is 2. The van der Waals surface area contributed by atoms with Crippen LogP contribution in [0.25, 0.3) is 0 Å². The molecule has 0 amide bonds. The molecule has 7 heteroatoms. The van der Waals surface area contributed by atoms with Crippen molar-refractivity contribution in [2.75, 3.05) is 38.3 Å². The van der Waals surface area contributed by atoms with Crippen LogP contribution in [-0.4, -0.2) is 49.4 Å². The van der Waals surface area contributed by atoms with Crippen molar-refractivity contribution in [3.63, 3.8) is 0 Å². The largest absolute Gasteiger partial charge is 0.486 e. The van der Waals surface area contributed by atoms with Crippen molar-refractivity contribution in [2.24, 2.45) is 5.73 Å². The highest BCUT2D eigenvalue weighted by Gasteiger charge is 2.20. The van der Waals surface area contributed by atoms with Gasteiger partial charge in [0.05, 0.1) is 24.8 Å². The number of hydrogen-bond donors (Lipinski definition) is 1. The van der Waals surface area contributed by atoms with Crippen LogP contribution in [-0.2, 0) is 4.74 Å². The summed E-state index contributed by atoms with van der Waals surface area (Å²) in [4.78, 5) is 10.7. The van der Waals surface area contributed by atoms with Gasteiger partial charge in [-0.3, -0.25) is 0 Å². The maximum Gasteiger partial charge on any atom is 0.225 e. The first-order valence-electron chi connectivity index (χ1n) is 6.97. The lowest BCUT2D eigenvalue weighted by Gasteiger charge is -2.31. The van der Waals surface area contributed by atoms with Crippen molar-refractivity contribution in [1.82, 2.24) is 9.97 Å². The first-order chi connectivity index (χ1) is 10.3. The average Bonchev–Trinajstić information content (AvgIpc) is 2.56. The smallest absolute Gasteiger partial charge is 0.225 e. The van der Waals surface area contributed by atoms with Gasteiger partial charge in [0.15, 0.2) is 5.75 Å². The predicted molar refractivity (Wildman–Crippen MR) is 78.0 cm³/mol. The van der Waals surface area contributed by atoms with E-state index in [1.807, 2.05) is 0 Å². The van der Waals surface area contributed by atoms with E-state index in [-0.39, 0.29) is 13.2 Å². The summed E-state index contributed by atoms with van der Waals surface area (Å²) in [6.45, 7) is 1.99. The molecule has 2 N–H and O–H groups in total. The molecule has 0 radical (unpaired) electrons. The van der Waals surface area contributed by atoms with Gasteiger partial charge in [0.2, 0.25) is 5.95 Å². The van der Waals surface area contributed by atoms with Gasteiger partial charge >= 0.3 is 0 Å². The Kier molecular flexibility index (Phi) is 5.89. The molecule has 0 aliphatic carbocycles. The van der Waals surface area contributed by atoms with Gasteiger partial charge in [-0.25, -0.2) is 14.4 Å². The number of nitrogens with zero attached hydrogens (tertiary/aromatic N) is 3. The fourth-order valence-corrected chi connectivity index (χ4v) is 2.15. The van der Waals surface area contributed by atoms with Crippen LogP contribution in [0.3, 0.4) is 0 Å². The Morgan fingerprint density at radius 3 is 2.62 bits per heavy atom. The van der Waals surface area contributed by atoms with Gasteiger partial charge in [-0.2, -0.15) is 0 Å². The molecule has 1 aromatic rings. The number of rotatable bonds is 6. The summed E-state index contributed by atoms with van der Waals surface area (Å²) in [5.74, 6) is 1.18. The highest BCUT2D eigenvalue weighted by Crippen LogP contribution is 2.19. The van der Waals surface area contributed by atoms with Gasteiger partial charge in [0.1, 0.15) is 6.61 Å². The summed E-state index contributed by atoms with van der Waals surface area (Å²) in [6.07, 6.45) is 5.92.